The third kappa shape index (κ3) is 7.28. The highest BCUT2D eigenvalue weighted by atomic mass is 19.1. The molecule has 0 radical (unpaired) electrons. The zero-order valence-electron chi connectivity index (χ0n) is 22.2. The maximum Gasteiger partial charge on any atom is 0.270 e. The third-order valence-corrected chi connectivity index (χ3v) is 6.53. The largest absolute Gasteiger partial charge is 0.390 e. The molecule has 3 aromatic carbocycles. The summed E-state index contributed by atoms with van der Waals surface area (Å²) < 4.78 is 41.8. The number of hydrogen-bond acceptors (Lipinski definition) is 4. The van der Waals surface area contributed by atoms with Crippen LogP contribution in [-0.2, 0) is 24.2 Å². The lowest BCUT2D eigenvalue weighted by Crippen LogP contribution is -2.48. The summed E-state index contributed by atoms with van der Waals surface area (Å²) in [5, 5.41) is 19.8. The Morgan fingerprint density at radius 3 is 2.35 bits per heavy atom. The maximum atomic E-state index is 13.9. The number of halogens is 3. The van der Waals surface area contributed by atoms with Crippen molar-refractivity contribution in [2.24, 2.45) is 0 Å². The quantitative estimate of drug-likeness (QED) is 0.188. The number of H-pyrrole nitrogens is 1. The Bertz CT molecular complexity index is 1500. The van der Waals surface area contributed by atoms with Crippen molar-refractivity contribution in [2.75, 3.05) is 11.9 Å². The van der Waals surface area contributed by atoms with E-state index in [1.54, 1.807) is 0 Å². The molecule has 0 aliphatic heterocycles. The molecular formula is C30H31F3N4O3. The van der Waals surface area contributed by atoms with Crippen LogP contribution in [0.2, 0.25) is 0 Å². The van der Waals surface area contributed by atoms with Crippen LogP contribution in [0.3, 0.4) is 0 Å². The van der Waals surface area contributed by atoms with Crippen molar-refractivity contribution in [3.05, 3.63) is 100 Å². The van der Waals surface area contributed by atoms with Crippen molar-refractivity contribution >= 4 is 28.4 Å². The van der Waals surface area contributed by atoms with Crippen LogP contribution in [0.25, 0.3) is 10.9 Å². The van der Waals surface area contributed by atoms with Gasteiger partial charge in [-0.1, -0.05) is 31.2 Å². The van der Waals surface area contributed by atoms with Crippen molar-refractivity contribution in [1.29, 1.82) is 0 Å². The number of amides is 2. The highest BCUT2D eigenvalue weighted by Gasteiger charge is 2.26. The van der Waals surface area contributed by atoms with Gasteiger partial charge >= 0.3 is 0 Å². The van der Waals surface area contributed by atoms with E-state index in [1.807, 2.05) is 18.2 Å². The number of hydrogen-bond donors (Lipinski definition) is 5. The second-order valence-electron chi connectivity index (χ2n) is 9.68. The average Bonchev–Trinajstić information content (AvgIpc) is 3.24. The summed E-state index contributed by atoms with van der Waals surface area (Å²) in [6.07, 6.45) is -0.357. The third-order valence-electron chi connectivity index (χ3n) is 6.53. The number of aliphatic hydroxyl groups excluding tert-OH is 1. The maximum absolute atomic E-state index is 13.9. The molecule has 0 unspecified atom stereocenters. The molecule has 0 saturated heterocycles. The fourth-order valence-corrected chi connectivity index (χ4v) is 4.61. The van der Waals surface area contributed by atoms with Crippen molar-refractivity contribution in [2.45, 2.75) is 45.4 Å². The van der Waals surface area contributed by atoms with Gasteiger partial charge in [-0.05, 0) is 59.9 Å². The van der Waals surface area contributed by atoms with Crippen molar-refractivity contribution in [3.63, 3.8) is 0 Å². The number of rotatable bonds is 11. The summed E-state index contributed by atoms with van der Waals surface area (Å²) in [6, 6.07) is 13.8. The Morgan fingerprint density at radius 2 is 1.65 bits per heavy atom. The van der Waals surface area contributed by atoms with E-state index in [1.165, 1.54) is 30.7 Å². The second kappa shape index (κ2) is 12.8. The van der Waals surface area contributed by atoms with E-state index < -0.39 is 41.4 Å². The number of carbonyl (C=O) groups excluding carboxylic acids is 2. The van der Waals surface area contributed by atoms with Crippen LogP contribution in [-0.4, -0.2) is 40.6 Å². The molecule has 0 saturated carbocycles. The molecule has 0 aliphatic rings. The molecule has 0 fully saturated rings. The van der Waals surface area contributed by atoms with Gasteiger partial charge in [0.25, 0.3) is 5.91 Å². The van der Waals surface area contributed by atoms with E-state index in [0.29, 0.717) is 17.4 Å². The van der Waals surface area contributed by atoms with Crippen molar-refractivity contribution in [3.8, 4) is 0 Å². The number of anilines is 1. The molecule has 0 aliphatic carbocycles. The number of aromatic amines is 1. The van der Waals surface area contributed by atoms with E-state index >= 15 is 0 Å². The molecule has 1 aromatic heterocycles. The van der Waals surface area contributed by atoms with Gasteiger partial charge in [-0.25, -0.2) is 13.2 Å². The lowest BCUT2D eigenvalue weighted by Gasteiger charge is -2.25. The minimum atomic E-state index is -1.16. The monoisotopic (exact) mass is 552 g/mol. The van der Waals surface area contributed by atoms with E-state index in [4.69, 9.17) is 0 Å². The van der Waals surface area contributed by atoms with Crippen molar-refractivity contribution < 1.29 is 27.9 Å². The summed E-state index contributed by atoms with van der Waals surface area (Å²) >= 11 is 0. The fourth-order valence-electron chi connectivity index (χ4n) is 4.61. The molecule has 2 atom stereocenters. The predicted octanol–water partition coefficient (Wildman–Crippen LogP) is 4.60. The topological polar surface area (TPSA) is 106 Å². The van der Waals surface area contributed by atoms with Crippen LogP contribution in [0.15, 0.2) is 60.7 Å². The van der Waals surface area contributed by atoms with Crippen molar-refractivity contribution in [1.82, 2.24) is 15.6 Å². The van der Waals surface area contributed by atoms with Gasteiger partial charge in [0.1, 0.15) is 23.1 Å². The van der Waals surface area contributed by atoms with Gasteiger partial charge in [0.2, 0.25) is 5.91 Å². The molecule has 4 aromatic rings. The highest BCUT2D eigenvalue weighted by molar-refractivity contribution is 6.12. The molecule has 210 valence electrons. The van der Waals surface area contributed by atoms with Crippen LogP contribution in [0.1, 0.15) is 41.0 Å². The summed E-state index contributed by atoms with van der Waals surface area (Å²) in [5.41, 5.74) is 2.87. The number of carbonyl (C=O) groups is 2. The van der Waals surface area contributed by atoms with E-state index in [9.17, 15) is 27.9 Å². The van der Waals surface area contributed by atoms with Gasteiger partial charge in [-0.15, -0.1) is 0 Å². The fraction of sp³-hybridized carbons (Fsp3) is 0.267. The van der Waals surface area contributed by atoms with E-state index in [-0.39, 0.29) is 29.9 Å². The second-order valence-corrected chi connectivity index (χ2v) is 9.68. The van der Waals surface area contributed by atoms with Gasteiger partial charge in [-0.2, -0.15) is 0 Å². The molecule has 5 N–H and O–H groups in total. The molecule has 0 bridgehead atoms. The Kier molecular flexibility index (Phi) is 9.23. The zero-order valence-corrected chi connectivity index (χ0v) is 22.2. The summed E-state index contributed by atoms with van der Waals surface area (Å²) in [4.78, 5) is 28.2. The summed E-state index contributed by atoms with van der Waals surface area (Å²) in [7, 11) is 0. The first-order chi connectivity index (χ1) is 19.1. The van der Waals surface area contributed by atoms with Gasteiger partial charge in [-0.3, -0.25) is 9.59 Å². The lowest BCUT2D eigenvalue weighted by molar-refractivity contribution is -0.114. The Morgan fingerprint density at radius 1 is 0.925 bits per heavy atom. The van der Waals surface area contributed by atoms with E-state index in [2.05, 4.69) is 33.9 Å². The number of aromatic nitrogens is 1. The normalized spacial score (nSPS) is 12.8. The predicted molar refractivity (Wildman–Crippen MR) is 147 cm³/mol. The minimum absolute atomic E-state index is 0.0530. The molecule has 2 amide bonds. The van der Waals surface area contributed by atoms with Crippen LogP contribution < -0.4 is 16.0 Å². The first kappa shape index (κ1) is 28.8. The van der Waals surface area contributed by atoms with Crippen LogP contribution in [0.4, 0.5) is 18.9 Å². The lowest BCUT2D eigenvalue weighted by atomic mass is 10.00. The SMILES string of the molecule is CCc1cccc(CNC[C@@H](O)[C@H](Cc2cc(F)cc(F)c2)NC(=O)c2[nH]c3ccc(F)cc3c2NC(C)=O)c1. The average molecular weight is 553 g/mol. The number of aryl methyl sites for hydroxylation is 1. The summed E-state index contributed by atoms with van der Waals surface area (Å²) in [6.45, 7) is 3.84. The van der Waals surface area contributed by atoms with E-state index in [0.717, 1.165) is 30.2 Å². The first-order valence-corrected chi connectivity index (χ1v) is 12.9. The molecule has 7 nitrogen and oxygen atoms in total. The molecule has 10 heteroatoms. The molecule has 40 heavy (non-hydrogen) atoms. The van der Waals surface area contributed by atoms with Gasteiger partial charge in [0.15, 0.2) is 0 Å². The smallest absolute Gasteiger partial charge is 0.270 e. The Balaban J connectivity index is 1.57. The minimum Gasteiger partial charge on any atom is -0.390 e. The van der Waals surface area contributed by atoms with Gasteiger partial charge < -0.3 is 26.0 Å². The Labute approximate surface area is 229 Å². The molecular weight excluding hydrogens is 521 g/mol. The van der Waals surface area contributed by atoms with Crippen LogP contribution >= 0.6 is 0 Å². The van der Waals surface area contributed by atoms with Gasteiger partial charge in [0, 0.05) is 37.0 Å². The molecule has 1 heterocycles. The number of nitrogens with one attached hydrogen (secondary N) is 4. The first-order valence-electron chi connectivity index (χ1n) is 12.9. The van der Waals surface area contributed by atoms with Gasteiger partial charge in [0.05, 0.1) is 17.8 Å². The molecule has 4 rings (SSSR count). The number of fused-ring (bicyclic) bond motifs is 1. The number of benzene rings is 3. The number of aliphatic hydroxyl groups is 1. The summed E-state index contributed by atoms with van der Waals surface area (Å²) in [5.74, 6) is -3.29. The standard InChI is InChI=1S/C30H31F3N4O3/c1-3-18-5-4-6-19(9-18)15-34-16-27(39)26(12-20-10-22(32)13-23(33)11-20)37-30(40)29-28(35-17(2)38)24-14-21(31)7-8-25(24)36-29/h4-11,13-14,26-27,34,36,39H,3,12,15-16H2,1-2H3,(H,35,38)(H,37,40)/t26-,27+/m0/s1. The molecule has 0 spiro atoms. The van der Waals surface area contributed by atoms with Crippen LogP contribution in [0, 0.1) is 17.5 Å². The highest BCUT2D eigenvalue weighted by Crippen LogP contribution is 2.29. The van der Waals surface area contributed by atoms with Crippen LogP contribution in [0.5, 0.6) is 0 Å². The Hall–Kier alpha value is -4.15. The zero-order chi connectivity index (χ0) is 28.8.